The molecule has 0 bridgehead atoms. The predicted molar refractivity (Wildman–Crippen MR) is 102 cm³/mol. The number of rotatable bonds is 3. The van der Waals surface area contributed by atoms with Gasteiger partial charge in [-0.15, -0.1) is 0 Å². The number of ether oxygens (including phenoxy) is 1. The first kappa shape index (κ1) is 20.3. The lowest BCUT2D eigenvalue weighted by molar-refractivity contribution is 0.00754. The minimum absolute atomic E-state index is 0.00528. The van der Waals surface area contributed by atoms with E-state index in [9.17, 15) is 4.79 Å². The van der Waals surface area contributed by atoms with Gasteiger partial charge in [-0.1, -0.05) is 18.2 Å². The summed E-state index contributed by atoms with van der Waals surface area (Å²) in [5.41, 5.74) is 0.621. The summed E-state index contributed by atoms with van der Waals surface area (Å²) in [5.74, 6) is 5.53. The zero-order valence-corrected chi connectivity index (χ0v) is 16.5. The third kappa shape index (κ3) is 5.25. The third-order valence-electron chi connectivity index (χ3n) is 4.22. The van der Waals surface area contributed by atoms with Crippen molar-refractivity contribution in [3.63, 3.8) is 0 Å². The number of aromatic amines is 1. The van der Waals surface area contributed by atoms with Gasteiger partial charge in [-0.25, -0.2) is 9.79 Å². The van der Waals surface area contributed by atoms with Crippen LogP contribution in [0.15, 0.2) is 29.5 Å². The van der Waals surface area contributed by atoms with Gasteiger partial charge in [0.1, 0.15) is 11.3 Å². The Balaban J connectivity index is 2.11. The van der Waals surface area contributed by atoms with Crippen LogP contribution in [0.25, 0.3) is 0 Å². The highest BCUT2D eigenvalue weighted by Crippen LogP contribution is 2.29. The summed E-state index contributed by atoms with van der Waals surface area (Å²) in [5, 5.41) is 0.526. The Morgan fingerprint density at radius 2 is 2.15 bits per heavy atom. The maximum absolute atomic E-state index is 12.5. The topological polar surface area (TPSA) is 92.9 Å². The number of piperidine rings is 1. The summed E-state index contributed by atoms with van der Waals surface area (Å²) in [6.45, 7) is 12.1. The first-order valence-corrected chi connectivity index (χ1v) is 8.96. The summed E-state index contributed by atoms with van der Waals surface area (Å²) in [4.78, 5) is 26.4. The molecule has 0 aromatic carbocycles. The van der Waals surface area contributed by atoms with Crippen molar-refractivity contribution >= 4 is 23.6 Å². The molecule has 8 heteroatoms. The van der Waals surface area contributed by atoms with E-state index in [4.69, 9.17) is 27.1 Å². The summed E-state index contributed by atoms with van der Waals surface area (Å²) in [7, 11) is 0. The fraction of sp³-hybridized carbons (Fsp3) is 0.556. The van der Waals surface area contributed by atoms with E-state index in [1.807, 2.05) is 27.7 Å². The molecule has 0 saturated carbocycles. The second kappa shape index (κ2) is 8.14. The van der Waals surface area contributed by atoms with Crippen molar-refractivity contribution in [2.24, 2.45) is 16.8 Å². The summed E-state index contributed by atoms with van der Waals surface area (Å²) in [6, 6.07) is 1.77. The van der Waals surface area contributed by atoms with Crippen LogP contribution in [0.4, 0.5) is 4.79 Å². The highest BCUT2D eigenvalue weighted by molar-refractivity contribution is 6.30. The molecular formula is C18H27ClN4O3. The number of nitrogens with zero attached hydrogens (tertiary/aromatic N) is 2. The molecule has 0 unspecified atom stereocenters. The molecule has 144 valence electrons. The van der Waals surface area contributed by atoms with Crippen LogP contribution in [0, 0.1) is 5.92 Å². The van der Waals surface area contributed by atoms with Crippen LogP contribution in [0.5, 0.6) is 0 Å². The fourth-order valence-electron chi connectivity index (χ4n) is 2.82. The molecule has 2 rings (SSSR count). The van der Waals surface area contributed by atoms with Gasteiger partial charge in [0.25, 0.3) is 5.90 Å². The zero-order valence-electron chi connectivity index (χ0n) is 15.7. The van der Waals surface area contributed by atoms with Crippen molar-refractivity contribution < 1.29 is 14.4 Å². The Hall–Kier alpha value is -1.99. The van der Waals surface area contributed by atoms with Gasteiger partial charge in [-0.05, 0) is 46.6 Å². The number of likely N-dealkylation sites (tertiary alicyclic amines) is 1. The Labute approximate surface area is 159 Å². The van der Waals surface area contributed by atoms with E-state index >= 15 is 0 Å². The number of carbonyl (C=O) groups is 1. The average molecular weight is 383 g/mol. The van der Waals surface area contributed by atoms with Gasteiger partial charge in [0.2, 0.25) is 0 Å². The van der Waals surface area contributed by atoms with Crippen molar-refractivity contribution in [1.82, 2.24) is 9.88 Å². The molecule has 1 aliphatic rings. The maximum Gasteiger partial charge on any atom is 0.410 e. The Bertz CT molecular complexity index is 693. The second-order valence-electron chi connectivity index (χ2n) is 7.51. The number of halogens is 1. The number of hydrogen-bond donors (Lipinski definition) is 2. The van der Waals surface area contributed by atoms with Gasteiger partial charge < -0.3 is 19.5 Å². The van der Waals surface area contributed by atoms with E-state index in [-0.39, 0.29) is 24.0 Å². The molecule has 0 radical (unpaired) electrons. The van der Waals surface area contributed by atoms with Gasteiger partial charge in [-0.3, -0.25) is 0 Å². The third-order valence-corrected chi connectivity index (χ3v) is 4.43. The number of nitrogens with one attached hydrogen (secondary N) is 1. The molecule has 0 aliphatic carbocycles. The molecule has 1 aromatic rings. The van der Waals surface area contributed by atoms with Crippen molar-refractivity contribution in [2.75, 3.05) is 6.54 Å². The van der Waals surface area contributed by atoms with E-state index in [2.05, 4.69) is 16.6 Å². The molecule has 1 aromatic heterocycles. The number of nitrogens with two attached hydrogens (primary N) is 1. The Kier molecular flexibility index (Phi) is 6.36. The monoisotopic (exact) mass is 382 g/mol. The van der Waals surface area contributed by atoms with Crippen LogP contribution >= 0.6 is 11.6 Å². The van der Waals surface area contributed by atoms with Gasteiger partial charge >= 0.3 is 6.09 Å². The van der Waals surface area contributed by atoms with Crippen molar-refractivity contribution in [3.8, 4) is 0 Å². The number of H-pyrrole nitrogens is 1. The van der Waals surface area contributed by atoms with Crippen LogP contribution in [0.1, 0.15) is 46.2 Å². The number of aliphatic imine (C=N–C) groups is 1. The lowest BCUT2D eigenvalue weighted by atomic mass is 9.92. The van der Waals surface area contributed by atoms with E-state index in [1.165, 1.54) is 0 Å². The van der Waals surface area contributed by atoms with Crippen LogP contribution in [-0.2, 0) is 9.57 Å². The molecule has 2 heterocycles. The Morgan fingerprint density at radius 1 is 1.46 bits per heavy atom. The quantitative estimate of drug-likeness (QED) is 0.471. The van der Waals surface area contributed by atoms with Gasteiger partial charge in [0.05, 0.1) is 5.02 Å². The van der Waals surface area contributed by atoms with E-state index in [1.54, 1.807) is 17.2 Å². The highest BCUT2D eigenvalue weighted by atomic mass is 35.5. The van der Waals surface area contributed by atoms with Crippen LogP contribution in [0.3, 0.4) is 0 Å². The maximum atomic E-state index is 12.5. The van der Waals surface area contributed by atoms with Crippen LogP contribution in [-0.4, -0.2) is 40.1 Å². The number of carbonyl (C=O) groups excluding carboxylic acids is 1. The molecule has 1 aliphatic heterocycles. The number of amides is 1. The highest BCUT2D eigenvalue weighted by Gasteiger charge is 2.33. The number of hydrogen-bond acceptors (Lipinski definition) is 5. The van der Waals surface area contributed by atoms with Crippen LogP contribution < -0.4 is 5.90 Å². The second-order valence-corrected chi connectivity index (χ2v) is 7.95. The van der Waals surface area contributed by atoms with Gasteiger partial charge in [0.15, 0.2) is 0 Å². The molecular weight excluding hydrogens is 356 g/mol. The smallest absolute Gasteiger partial charge is 0.410 e. The minimum Gasteiger partial charge on any atom is -0.444 e. The standard InChI is InChI=1S/C18H27ClN4O3/c1-11-6-7-13(10-23(11)17(24)25-18(3,4)5)12(2)22-16(26-20)15-8-14(19)9-21-15/h8-9,11,13,21H,2,6-7,10,20H2,1,3-5H3/b22-16-/t11-,13+/m1/s1. The van der Waals surface area contributed by atoms with Crippen LogP contribution in [0.2, 0.25) is 5.02 Å². The predicted octanol–water partition coefficient (Wildman–Crippen LogP) is 3.85. The first-order valence-electron chi connectivity index (χ1n) is 8.59. The minimum atomic E-state index is -0.535. The lowest BCUT2D eigenvalue weighted by Crippen LogP contribution is -2.47. The van der Waals surface area contributed by atoms with E-state index in [0.29, 0.717) is 23.0 Å². The van der Waals surface area contributed by atoms with E-state index in [0.717, 1.165) is 12.8 Å². The molecule has 2 atom stereocenters. The van der Waals surface area contributed by atoms with Gasteiger partial charge in [-0.2, -0.15) is 5.90 Å². The average Bonchev–Trinajstić information content (AvgIpc) is 2.97. The molecule has 1 fully saturated rings. The zero-order chi connectivity index (χ0) is 19.5. The van der Waals surface area contributed by atoms with Crippen molar-refractivity contribution in [2.45, 2.75) is 52.2 Å². The summed E-state index contributed by atoms with van der Waals surface area (Å²) < 4.78 is 5.51. The molecule has 7 nitrogen and oxygen atoms in total. The molecule has 3 N–H and O–H groups in total. The SMILES string of the molecule is C=C(/N=C(\ON)c1cc(Cl)c[nH]1)[C@H]1CC[C@@H](C)N(C(=O)OC(C)(C)C)C1. The first-order chi connectivity index (χ1) is 12.1. The Morgan fingerprint density at radius 3 is 2.69 bits per heavy atom. The van der Waals surface area contributed by atoms with Crippen molar-refractivity contribution in [3.05, 3.63) is 35.3 Å². The molecule has 26 heavy (non-hydrogen) atoms. The molecule has 0 spiro atoms. The normalized spacial score (nSPS) is 21.5. The van der Waals surface area contributed by atoms with E-state index < -0.39 is 5.60 Å². The summed E-state index contributed by atoms with van der Waals surface area (Å²) in [6.07, 6.45) is 3.00. The fourth-order valence-corrected chi connectivity index (χ4v) is 2.98. The van der Waals surface area contributed by atoms with Gasteiger partial charge in [0, 0.05) is 30.4 Å². The molecule has 1 saturated heterocycles. The summed E-state index contributed by atoms with van der Waals surface area (Å²) >= 11 is 5.91. The van der Waals surface area contributed by atoms with Crippen molar-refractivity contribution in [1.29, 1.82) is 0 Å². The lowest BCUT2D eigenvalue weighted by Gasteiger charge is -2.38. The number of aromatic nitrogens is 1. The molecule has 1 amide bonds. The largest absolute Gasteiger partial charge is 0.444 e.